The molecule has 1 aliphatic carbocycles. The van der Waals surface area contributed by atoms with Gasteiger partial charge in [-0.15, -0.1) is 0 Å². The van der Waals surface area contributed by atoms with Crippen molar-refractivity contribution in [1.82, 2.24) is 5.32 Å². The molecule has 0 aromatic heterocycles. The number of amides is 1. The molecule has 4 nitrogen and oxygen atoms in total. The standard InChI is InChI=1S/C16H23FN2O2/c1-11(13-9-12(17)5-6-14(13)21-2)19-15(20)16(10-18)7-3-4-8-16/h5-6,9,11H,3-4,7-8,10,18H2,1-2H3,(H,19,20). The van der Waals surface area contributed by atoms with E-state index in [1.54, 1.807) is 6.07 Å². The van der Waals surface area contributed by atoms with Crippen LogP contribution >= 0.6 is 0 Å². The van der Waals surface area contributed by atoms with Gasteiger partial charge in [-0.3, -0.25) is 4.79 Å². The van der Waals surface area contributed by atoms with Crippen molar-refractivity contribution in [1.29, 1.82) is 0 Å². The van der Waals surface area contributed by atoms with E-state index in [0.717, 1.165) is 25.7 Å². The molecule has 1 aromatic rings. The Kier molecular flexibility index (Phi) is 4.83. The SMILES string of the molecule is COc1ccc(F)cc1C(C)NC(=O)C1(CN)CCCC1. The average molecular weight is 294 g/mol. The van der Waals surface area contributed by atoms with Crippen LogP contribution in [0.2, 0.25) is 0 Å². The first-order valence-electron chi connectivity index (χ1n) is 7.37. The quantitative estimate of drug-likeness (QED) is 0.877. The first-order valence-corrected chi connectivity index (χ1v) is 7.37. The Morgan fingerprint density at radius 1 is 1.48 bits per heavy atom. The van der Waals surface area contributed by atoms with Gasteiger partial charge in [0, 0.05) is 12.1 Å². The highest BCUT2D eigenvalue weighted by atomic mass is 19.1. The molecule has 21 heavy (non-hydrogen) atoms. The summed E-state index contributed by atoms with van der Waals surface area (Å²) in [6.45, 7) is 2.18. The highest BCUT2D eigenvalue weighted by Gasteiger charge is 2.40. The van der Waals surface area contributed by atoms with Crippen LogP contribution in [0.3, 0.4) is 0 Å². The molecule has 0 heterocycles. The molecule has 1 aromatic carbocycles. The molecule has 1 atom stereocenters. The molecule has 116 valence electrons. The van der Waals surface area contributed by atoms with Gasteiger partial charge in [0.25, 0.3) is 0 Å². The van der Waals surface area contributed by atoms with Gasteiger partial charge in [-0.1, -0.05) is 12.8 Å². The zero-order chi connectivity index (χ0) is 15.5. The van der Waals surface area contributed by atoms with E-state index < -0.39 is 5.41 Å². The van der Waals surface area contributed by atoms with Gasteiger partial charge in [-0.05, 0) is 38.0 Å². The van der Waals surface area contributed by atoms with Crippen LogP contribution in [0.15, 0.2) is 18.2 Å². The third-order valence-corrected chi connectivity index (χ3v) is 4.44. The summed E-state index contributed by atoms with van der Waals surface area (Å²) in [6.07, 6.45) is 3.70. The number of nitrogens with two attached hydrogens (primary N) is 1. The molecular weight excluding hydrogens is 271 g/mol. The third kappa shape index (κ3) is 3.18. The monoisotopic (exact) mass is 294 g/mol. The normalized spacial score (nSPS) is 18.3. The van der Waals surface area contributed by atoms with Crippen LogP contribution in [0.5, 0.6) is 5.75 Å². The summed E-state index contributed by atoms with van der Waals surface area (Å²) in [5, 5.41) is 2.97. The van der Waals surface area contributed by atoms with Gasteiger partial charge in [0.2, 0.25) is 5.91 Å². The van der Waals surface area contributed by atoms with Crippen molar-refractivity contribution in [2.75, 3.05) is 13.7 Å². The Labute approximate surface area is 124 Å². The highest BCUT2D eigenvalue weighted by Crippen LogP contribution is 2.38. The van der Waals surface area contributed by atoms with E-state index >= 15 is 0 Å². The van der Waals surface area contributed by atoms with Crippen LogP contribution in [0, 0.1) is 11.2 Å². The number of hydrogen-bond donors (Lipinski definition) is 2. The van der Waals surface area contributed by atoms with E-state index in [4.69, 9.17) is 10.5 Å². The van der Waals surface area contributed by atoms with E-state index in [2.05, 4.69) is 5.32 Å². The number of ether oxygens (including phenoxy) is 1. The smallest absolute Gasteiger partial charge is 0.227 e. The predicted octanol–water partition coefficient (Wildman–Crippen LogP) is 2.53. The Morgan fingerprint density at radius 3 is 2.71 bits per heavy atom. The molecule has 1 amide bonds. The van der Waals surface area contributed by atoms with E-state index in [-0.39, 0.29) is 17.8 Å². The summed E-state index contributed by atoms with van der Waals surface area (Å²) in [4.78, 5) is 12.5. The largest absolute Gasteiger partial charge is 0.496 e. The minimum atomic E-state index is -0.463. The second kappa shape index (κ2) is 6.43. The summed E-state index contributed by atoms with van der Waals surface area (Å²) >= 11 is 0. The molecule has 2 rings (SSSR count). The van der Waals surface area contributed by atoms with Crippen molar-refractivity contribution in [3.05, 3.63) is 29.6 Å². The first-order chi connectivity index (χ1) is 10.0. The lowest BCUT2D eigenvalue weighted by Gasteiger charge is -2.28. The average Bonchev–Trinajstić information content (AvgIpc) is 2.97. The number of carbonyl (C=O) groups excluding carboxylic acids is 1. The Hall–Kier alpha value is -1.62. The summed E-state index contributed by atoms with van der Waals surface area (Å²) < 4.78 is 18.7. The Balaban J connectivity index is 2.16. The molecule has 5 heteroatoms. The fourth-order valence-corrected chi connectivity index (χ4v) is 3.05. The summed E-state index contributed by atoms with van der Waals surface area (Å²) in [6, 6.07) is 3.98. The minimum absolute atomic E-state index is 0.0404. The van der Waals surface area contributed by atoms with Crippen LogP contribution in [-0.4, -0.2) is 19.6 Å². The molecule has 1 saturated carbocycles. The van der Waals surface area contributed by atoms with Crippen molar-refractivity contribution in [3.8, 4) is 5.75 Å². The second-order valence-corrected chi connectivity index (χ2v) is 5.77. The zero-order valence-electron chi connectivity index (χ0n) is 12.6. The molecular formula is C16H23FN2O2. The molecule has 1 aliphatic rings. The minimum Gasteiger partial charge on any atom is -0.496 e. The van der Waals surface area contributed by atoms with E-state index in [0.29, 0.717) is 17.9 Å². The molecule has 0 radical (unpaired) electrons. The van der Waals surface area contributed by atoms with Crippen LogP contribution in [0.25, 0.3) is 0 Å². The zero-order valence-corrected chi connectivity index (χ0v) is 12.6. The topological polar surface area (TPSA) is 64.3 Å². The maximum Gasteiger partial charge on any atom is 0.227 e. The van der Waals surface area contributed by atoms with Crippen LogP contribution < -0.4 is 15.8 Å². The maximum absolute atomic E-state index is 13.4. The van der Waals surface area contributed by atoms with E-state index in [1.165, 1.54) is 19.2 Å². The van der Waals surface area contributed by atoms with Gasteiger partial charge >= 0.3 is 0 Å². The van der Waals surface area contributed by atoms with Crippen molar-refractivity contribution in [2.45, 2.75) is 38.6 Å². The molecule has 3 N–H and O–H groups in total. The van der Waals surface area contributed by atoms with Gasteiger partial charge in [0.15, 0.2) is 0 Å². The van der Waals surface area contributed by atoms with Gasteiger partial charge in [-0.25, -0.2) is 4.39 Å². The Bertz CT molecular complexity index is 513. The third-order valence-electron chi connectivity index (χ3n) is 4.44. The van der Waals surface area contributed by atoms with Crippen LogP contribution in [-0.2, 0) is 4.79 Å². The predicted molar refractivity (Wildman–Crippen MR) is 79.5 cm³/mol. The highest BCUT2D eigenvalue weighted by molar-refractivity contribution is 5.83. The molecule has 0 saturated heterocycles. The number of hydrogen-bond acceptors (Lipinski definition) is 3. The Morgan fingerprint density at radius 2 is 2.14 bits per heavy atom. The number of rotatable bonds is 5. The number of methoxy groups -OCH3 is 1. The van der Waals surface area contributed by atoms with Crippen LogP contribution in [0.1, 0.15) is 44.2 Å². The molecule has 0 bridgehead atoms. The van der Waals surface area contributed by atoms with Gasteiger partial charge in [-0.2, -0.15) is 0 Å². The lowest BCUT2D eigenvalue weighted by Crippen LogP contribution is -2.45. The van der Waals surface area contributed by atoms with Crippen molar-refractivity contribution in [2.24, 2.45) is 11.1 Å². The summed E-state index contributed by atoms with van der Waals surface area (Å²) in [7, 11) is 1.53. The van der Waals surface area contributed by atoms with Crippen molar-refractivity contribution < 1.29 is 13.9 Å². The van der Waals surface area contributed by atoms with E-state index in [1.807, 2.05) is 6.92 Å². The summed E-state index contributed by atoms with van der Waals surface area (Å²) in [5.41, 5.74) is 5.99. The van der Waals surface area contributed by atoms with Crippen molar-refractivity contribution in [3.63, 3.8) is 0 Å². The van der Waals surface area contributed by atoms with Crippen molar-refractivity contribution >= 4 is 5.91 Å². The van der Waals surface area contributed by atoms with Gasteiger partial charge in [0.05, 0.1) is 18.6 Å². The fourth-order valence-electron chi connectivity index (χ4n) is 3.05. The number of carbonyl (C=O) groups is 1. The van der Waals surface area contributed by atoms with Gasteiger partial charge in [0.1, 0.15) is 11.6 Å². The first kappa shape index (κ1) is 15.8. The van der Waals surface area contributed by atoms with E-state index in [9.17, 15) is 9.18 Å². The lowest BCUT2D eigenvalue weighted by molar-refractivity contribution is -0.131. The van der Waals surface area contributed by atoms with Gasteiger partial charge < -0.3 is 15.8 Å². The fraction of sp³-hybridized carbons (Fsp3) is 0.562. The van der Waals surface area contributed by atoms with Crippen LogP contribution in [0.4, 0.5) is 4.39 Å². The molecule has 0 spiro atoms. The second-order valence-electron chi connectivity index (χ2n) is 5.77. The summed E-state index contributed by atoms with van der Waals surface area (Å²) in [5.74, 6) is 0.181. The maximum atomic E-state index is 13.4. The molecule has 1 unspecified atom stereocenters. The molecule has 1 fully saturated rings. The number of nitrogens with one attached hydrogen (secondary N) is 1. The molecule has 0 aliphatic heterocycles. The number of halogens is 1. The lowest BCUT2D eigenvalue weighted by atomic mass is 9.85. The number of benzene rings is 1.